The first kappa shape index (κ1) is 12.7. The van der Waals surface area contributed by atoms with E-state index in [1.807, 2.05) is 18.2 Å². The standard InChI is InChI=1S/C17H20O/c1-3-4-8-15-10-12-16(13-11-15)18-17-9-6-5-7-14(17)2/h5-7,9-13H,3-4,8H2,1-2H3. The van der Waals surface area contributed by atoms with Crippen molar-refractivity contribution >= 4 is 0 Å². The van der Waals surface area contributed by atoms with Gasteiger partial charge >= 0.3 is 0 Å². The smallest absolute Gasteiger partial charge is 0.130 e. The van der Waals surface area contributed by atoms with Crippen LogP contribution in [-0.4, -0.2) is 0 Å². The minimum atomic E-state index is 0.907. The molecule has 1 nitrogen and oxygen atoms in total. The third-order valence-electron chi connectivity index (χ3n) is 3.06. The van der Waals surface area contributed by atoms with Crippen molar-refractivity contribution < 1.29 is 4.74 Å². The second-order valence-corrected chi connectivity index (χ2v) is 4.62. The van der Waals surface area contributed by atoms with Gasteiger partial charge in [-0.3, -0.25) is 0 Å². The van der Waals surface area contributed by atoms with Crippen LogP contribution in [0.5, 0.6) is 11.5 Å². The first-order chi connectivity index (χ1) is 8.79. The molecule has 0 aromatic heterocycles. The molecule has 0 saturated carbocycles. The van der Waals surface area contributed by atoms with E-state index in [0.29, 0.717) is 0 Å². The number of benzene rings is 2. The Labute approximate surface area is 109 Å². The maximum atomic E-state index is 5.87. The largest absolute Gasteiger partial charge is 0.457 e. The lowest BCUT2D eigenvalue weighted by Crippen LogP contribution is -1.88. The van der Waals surface area contributed by atoms with Crippen LogP contribution in [0.15, 0.2) is 48.5 Å². The lowest BCUT2D eigenvalue weighted by atomic mass is 10.1. The van der Waals surface area contributed by atoms with E-state index in [9.17, 15) is 0 Å². The Morgan fingerprint density at radius 2 is 1.67 bits per heavy atom. The normalized spacial score (nSPS) is 10.3. The molecule has 0 amide bonds. The Kier molecular flexibility index (Phi) is 4.40. The van der Waals surface area contributed by atoms with Gasteiger partial charge < -0.3 is 4.74 Å². The highest BCUT2D eigenvalue weighted by Gasteiger charge is 2.00. The van der Waals surface area contributed by atoms with E-state index < -0.39 is 0 Å². The van der Waals surface area contributed by atoms with Crippen molar-refractivity contribution in [2.45, 2.75) is 33.1 Å². The van der Waals surface area contributed by atoms with Crippen molar-refractivity contribution in [2.24, 2.45) is 0 Å². The quantitative estimate of drug-likeness (QED) is 0.704. The SMILES string of the molecule is CCCCc1ccc(Oc2ccccc2C)cc1. The van der Waals surface area contributed by atoms with Gasteiger partial charge in [0.2, 0.25) is 0 Å². The first-order valence-corrected chi connectivity index (χ1v) is 6.62. The van der Waals surface area contributed by atoms with Crippen LogP contribution in [0.25, 0.3) is 0 Å². The van der Waals surface area contributed by atoms with Gasteiger partial charge in [-0.05, 0) is 49.1 Å². The molecule has 1 heteroatoms. The summed E-state index contributed by atoms with van der Waals surface area (Å²) in [5, 5.41) is 0. The third-order valence-corrected chi connectivity index (χ3v) is 3.06. The fraction of sp³-hybridized carbons (Fsp3) is 0.294. The van der Waals surface area contributed by atoms with Gasteiger partial charge in [-0.2, -0.15) is 0 Å². The van der Waals surface area contributed by atoms with Crippen LogP contribution in [0.1, 0.15) is 30.9 Å². The molecule has 94 valence electrons. The molecule has 2 aromatic carbocycles. The highest BCUT2D eigenvalue weighted by atomic mass is 16.5. The summed E-state index contributed by atoms with van der Waals surface area (Å²) in [5.74, 6) is 1.84. The minimum Gasteiger partial charge on any atom is -0.457 e. The first-order valence-electron chi connectivity index (χ1n) is 6.62. The molecule has 0 aliphatic rings. The number of hydrogen-bond acceptors (Lipinski definition) is 1. The van der Waals surface area contributed by atoms with Crippen LogP contribution in [-0.2, 0) is 6.42 Å². The zero-order chi connectivity index (χ0) is 12.8. The molecule has 2 aromatic rings. The number of para-hydroxylation sites is 1. The fourth-order valence-electron chi connectivity index (χ4n) is 1.90. The predicted octanol–water partition coefficient (Wildman–Crippen LogP) is 5.13. The molecule has 0 spiro atoms. The Morgan fingerprint density at radius 1 is 0.944 bits per heavy atom. The van der Waals surface area contributed by atoms with Crippen LogP contribution in [0.2, 0.25) is 0 Å². The Hall–Kier alpha value is -1.76. The molecule has 0 N–H and O–H groups in total. The van der Waals surface area contributed by atoms with Gasteiger partial charge in [-0.1, -0.05) is 43.7 Å². The Morgan fingerprint density at radius 3 is 2.33 bits per heavy atom. The summed E-state index contributed by atoms with van der Waals surface area (Å²) in [6.07, 6.45) is 3.64. The summed E-state index contributed by atoms with van der Waals surface area (Å²) in [7, 11) is 0. The van der Waals surface area contributed by atoms with Crippen molar-refractivity contribution in [3.63, 3.8) is 0 Å². The fourth-order valence-corrected chi connectivity index (χ4v) is 1.90. The van der Waals surface area contributed by atoms with Crippen LogP contribution >= 0.6 is 0 Å². The highest BCUT2D eigenvalue weighted by Crippen LogP contribution is 2.24. The average Bonchev–Trinajstić information content (AvgIpc) is 2.41. The maximum Gasteiger partial charge on any atom is 0.130 e. The van der Waals surface area contributed by atoms with Crippen molar-refractivity contribution in [1.29, 1.82) is 0 Å². The van der Waals surface area contributed by atoms with Gasteiger partial charge in [-0.15, -0.1) is 0 Å². The monoisotopic (exact) mass is 240 g/mol. The summed E-state index contributed by atoms with van der Waals surface area (Å²) in [4.78, 5) is 0. The number of rotatable bonds is 5. The van der Waals surface area contributed by atoms with E-state index >= 15 is 0 Å². The maximum absolute atomic E-state index is 5.87. The van der Waals surface area contributed by atoms with Crippen LogP contribution in [0.3, 0.4) is 0 Å². The molecule has 0 bridgehead atoms. The molecule has 0 heterocycles. The van der Waals surface area contributed by atoms with Crippen molar-refractivity contribution in [3.8, 4) is 11.5 Å². The Bertz CT molecular complexity index is 485. The van der Waals surface area contributed by atoms with E-state index in [2.05, 4.69) is 44.2 Å². The van der Waals surface area contributed by atoms with Gasteiger partial charge in [0, 0.05) is 0 Å². The minimum absolute atomic E-state index is 0.907. The molecule has 0 aliphatic heterocycles. The number of hydrogen-bond donors (Lipinski definition) is 0. The second-order valence-electron chi connectivity index (χ2n) is 4.62. The number of ether oxygens (including phenoxy) is 1. The molecular weight excluding hydrogens is 220 g/mol. The van der Waals surface area contributed by atoms with Crippen molar-refractivity contribution in [3.05, 3.63) is 59.7 Å². The van der Waals surface area contributed by atoms with Crippen LogP contribution in [0.4, 0.5) is 0 Å². The van der Waals surface area contributed by atoms with E-state index in [0.717, 1.165) is 23.5 Å². The molecule has 0 unspecified atom stereocenters. The molecule has 18 heavy (non-hydrogen) atoms. The van der Waals surface area contributed by atoms with Crippen molar-refractivity contribution in [2.75, 3.05) is 0 Å². The lowest BCUT2D eigenvalue weighted by Gasteiger charge is -2.09. The number of unbranched alkanes of at least 4 members (excludes halogenated alkanes) is 1. The highest BCUT2D eigenvalue weighted by molar-refractivity contribution is 5.37. The zero-order valence-electron chi connectivity index (χ0n) is 11.1. The Balaban J connectivity index is 2.04. The second kappa shape index (κ2) is 6.25. The van der Waals surface area contributed by atoms with Gasteiger partial charge in [0.1, 0.15) is 11.5 Å². The van der Waals surface area contributed by atoms with Gasteiger partial charge in [0.15, 0.2) is 0 Å². The molecule has 2 rings (SSSR count). The molecule has 0 radical (unpaired) electrons. The average molecular weight is 240 g/mol. The molecule has 0 atom stereocenters. The van der Waals surface area contributed by atoms with Gasteiger partial charge in [-0.25, -0.2) is 0 Å². The van der Waals surface area contributed by atoms with E-state index in [4.69, 9.17) is 4.74 Å². The summed E-state index contributed by atoms with van der Waals surface area (Å²) in [6, 6.07) is 16.5. The number of aryl methyl sites for hydroxylation is 2. The third kappa shape index (κ3) is 3.36. The van der Waals surface area contributed by atoms with Crippen LogP contribution in [0, 0.1) is 6.92 Å². The molecule has 0 fully saturated rings. The molecular formula is C17H20O. The zero-order valence-corrected chi connectivity index (χ0v) is 11.1. The van der Waals surface area contributed by atoms with E-state index in [1.165, 1.54) is 18.4 Å². The summed E-state index contributed by atoms with van der Waals surface area (Å²) >= 11 is 0. The summed E-state index contributed by atoms with van der Waals surface area (Å²) in [6.45, 7) is 4.28. The van der Waals surface area contributed by atoms with Crippen molar-refractivity contribution in [1.82, 2.24) is 0 Å². The van der Waals surface area contributed by atoms with E-state index in [-0.39, 0.29) is 0 Å². The molecule has 0 saturated heterocycles. The topological polar surface area (TPSA) is 9.23 Å². The summed E-state index contributed by atoms with van der Waals surface area (Å²) in [5.41, 5.74) is 2.54. The lowest BCUT2D eigenvalue weighted by molar-refractivity contribution is 0.478. The van der Waals surface area contributed by atoms with Gasteiger partial charge in [0.25, 0.3) is 0 Å². The summed E-state index contributed by atoms with van der Waals surface area (Å²) < 4.78 is 5.87. The van der Waals surface area contributed by atoms with Crippen LogP contribution < -0.4 is 4.74 Å². The van der Waals surface area contributed by atoms with E-state index in [1.54, 1.807) is 0 Å². The van der Waals surface area contributed by atoms with Gasteiger partial charge in [0.05, 0.1) is 0 Å². The predicted molar refractivity (Wildman–Crippen MR) is 76.3 cm³/mol. The molecule has 0 aliphatic carbocycles.